The number of ether oxygens (including phenoxy) is 1. The van der Waals surface area contributed by atoms with E-state index in [4.69, 9.17) is 0 Å². The summed E-state index contributed by atoms with van der Waals surface area (Å²) in [5.74, 6) is 0.542. The minimum absolute atomic E-state index is 0.412. The van der Waals surface area contributed by atoms with E-state index in [0.717, 1.165) is 0 Å². The molecule has 0 aromatic carbocycles. The molecule has 2 heteroatoms. The molecule has 0 heterocycles. The van der Waals surface area contributed by atoms with E-state index in [0.29, 0.717) is 12.2 Å². The molecular formula is C9H8O2. The molecule has 0 saturated heterocycles. The fourth-order valence-electron chi connectivity index (χ4n) is 0.683. The third-order valence-electron chi connectivity index (χ3n) is 1.15. The second-order valence-electron chi connectivity index (χ2n) is 1.91. The van der Waals surface area contributed by atoms with Crippen LogP contribution in [-0.2, 0) is 9.53 Å². The Bertz CT molecular complexity index is 244. The fourth-order valence-corrected chi connectivity index (χ4v) is 0.683. The number of hydrogen-bond donors (Lipinski definition) is 0. The van der Waals surface area contributed by atoms with Crippen molar-refractivity contribution in [1.29, 1.82) is 0 Å². The van der Waals surface area contributed by atoms with Gasteiger partial charge in [-0.1, -0.05) is 30.4 Å². The number of carbonyl (C=O) groups excluding carboxylic acids is 1. The largest absolute Gasteiger partial charge is 0.429 e. The highest BCUT2D eigenvalue weighted by atomic mass is 16.5. The Labute approximate surface area is 65.2 Å². The fraction of sp³-hybridized carbons (Fsp3) is 0. The molecule has 0 radical (unpaired) electrons. The van der Waals surface area contributed by atoms with Gasteiger partial charge >= 0.3 is 0 Å². The topological polar surface area (TPSA) is 26.3 Å². The first-order chi connectivity index (χ1) is 5.43. The molecule has 0 amide bonds. The van der Waals surface area contributed by atoms with Crippen molar-refractivity contribution < 1.29 is 9.53 Å². The summed E-state index contributed by atoms with van der Waals surface area (Å²) in [6.07, 6.45) is 12.7. The van der Waals surface area contributed by atoms with Gasteiger partial charge in [0.05, 0.1) is 0 Å². The van der Waals surface area contributed by atoms with Gasteiger partial charge in [-0.25, -0.2) is 0 Å². The molecule has 0 unspecified atom stereocenters. The Hall–Kier alpha value is -1.57. The van der Waals surface area contributed by atoms with Gasteiger partial charge in [-0.3, -0.25) is 4.79 Å². The van der Waals surface area contributed by atoms with Gasteiger partial charge in [0.1, 0.15) is 5.76 Å². The molecule has 1 rings (SSSR count). The maximum atomic E-state index is 9.93. The van der Waals surface area contributed by atoms with E-state index < -0.39 is 0 Å². The number of hydrogen-bond acceptors (Lipinski definition) is 2. The van der Waals surface area contributed by atoms with Gasteiger partial charge in [-0.15, -0.1) is 0 Å². The van der Waals surface area contributed by atoms with Gasteiger partial charge < -0.3 is 4.74 Å². The maximum Gasteiger partial charge on any atom is 0.298 e. The van der Waals surface area contributed by atoms with Crippen LogP contribution in [0.5, 0.6) is 0 Å². The third kappa shape index (κ3) is 2.67. The Balaban J connectivity index is 2.69. The van der Waals surface area contributed by atoms with Crippen molar-refractivity contribution >= 4 is 6.47 Å². The summed E-state index contributed by atoms with van der Waals surface area (Å²) in [4.78, 5) is 9.93. The average Bonchev–Trinajstić information content (AvgIpc) is 1.94. The van der Waals surface area contributed by atoms with Crippen LogP contribution in [0.25, 0.3) is 0 Å². The quantitative estimate of drug-likeness (QED) is 0.557. The number of allylic oxidation sites excluding steroid dienone is 7. The standard InChI is InChI=1S/C9H8O2/c10-8-11-9-6-4-2-1-3-5-7-9/h1-8H. The molecule has 56 valence electrons. The van der Waals surface area contributed by atoms with Crippen molar-refractivity contribution in [3.8, 4) is 0 Å². The Morgan fingerprint density at radius 1 is 1.09 bits per heavy atom. The lowest BCUT2D eigenvalue weighted by atomic mass is 10.3. The smallest absolute Gasteiger partial charge is 0.298 e. The summed E-state index contributed by atoms with van der Waals surface area (Å²) in [6, 6.07) is 0. The first-order valence-corrected chi connectivity index (χ1v) is 3.25. The Kier molecular flexibility index (Phi) is 2.93. The Morgan fingerprint density at radius 3 is 2.64 bits per heavy atom. The molecule has 1 aliphatic rings. The van der Waals surface area contributed by atoms with Crippen LogP contribution in [0.4, 0.5) is 0 Å². The minimum Gasteiger partial charge on any atom is -0.429 e. The van der Waals surface area contributed by atoms with Crippen molar-refractivity contribution in [3.63, 3.8) is 0 Å². The van der Waals surface area contributed by atoms with Crippen molar-refractivity contribution in [2.75, 3.05) is 0 Å². The first kappa shape index (κ1) is 7.54. The van der Waals surface area contributed by atoms with Crippen LogP contribution in [0.3, 0.4) is 0 Å². The monoisotopic (exact) mass is 148 g/mol. The predicted octanol–water partition coefficient (Wildman–Crippen LogP) is 1.73. The molecule has 0 aliphatic heterocycles. The highest BCUT2D eigenvalue weighted by molar-refractivity contribution is 5.43. The average molecular weight is 148 g/mol. The van der Waals surface area contributed by atoms with Gasteiger partial charge in [-0.05, 0) is 12.2 Å². The SMILES string of the molecule is O=COC1=CC=CC=CC=C1. The van der Waals surface area contributed by atoms with Crippen molar-refractivity contribution in [2.24, 2.45) is 0 Å². The van der Waals surface area contributed by atoms with Gasteiger partial charge in [0.2, 0.25) is 0 Å². The van der Waals surface area contributed by atoms with Crippen molar-refractivity contribution in [3.05, 3.63) is 48.3 Å². The van der Waals surface area contributed by atoms with E-state index in [9.17, 15) is 4.79 Å². The molecule has 0 fully saturated rings. The molecule has 0 aromatic rings. The zero-order chi connectivity index (χ0) is 7.94. The van der Waals surface area contributed by atoms with Crippen molar-refractivity contribution in [2.45, 2.75) is 0 Å². The highest BCUT2D eigenvalue weighted by Crippen LogP contribution is 2.00. The lowest BCUT2D eigenvalue weighted by Gasteiger charge is -1.95. The molecule has 11 heavy (non-hydrogen) atoms. The van der Waals surface area contributed by atoms with Gasteiger partial charge in [0.25, 0.3) is 6.47 Å². The molecule has 0 atom stereocenters. The number of carbonyl (C=O) groups is 1. The lowest BCUT2D eigenvalue weighted by molar-refractivity contribution is -0.124. The summed E-state index contributed by atoms with van der Waals surface area (Å²) in [7, 11) is 0. The molecule has 1 aliphatic carbocycles. The molecule has 0 N–H and O–H groups in total. The first-order valence-electron chi connectivity index (χ1n) is 3.25. The van der Waals surface area contributed by atoms with Crippen LogP contribution >= 0.6 is 0 Å². The molecule has 0 bridgehead atoms. The van der Waals surface area contributed by atoms with Crippen LogP contribution in [0.2, 0.25) is 0 Å². The molecule has 0 saturated carbocycles. The van der Waals surface area contributed by atoms with E-state index >= 15 is 0 Å². The van der Waals surface area contributed by atoms with E-state index in [1.807, 2.05) is 18.2 Å². The highest BCUT2D eigenvalue weighted by Gasteiger charge is 1.88. The van der Waals surface area contributed by atoms with Gasteiger partial charge in [-0.2, -0.15) is 0 Å². The molecular weight excluding hydrogens is 140 g/mol. The second kappa shape index (κ2) is 4.28. The van der Waals surface area contributed by atoms with E-state index in [1.54, 1.807) is 24.3 Å². The normalized spacial score (nSPS) is 15.1. The van der Waals surface area contributed by atoms with Crippen LogP contribution in [0.15, 0.2) is 48.3 Å². The van der Waals surface area contributed by atoms with Gasteiger partial charge in [0.15, 0.2) is 0 Å². The minimum atomic E-state index is 0.412. The Morgan fingerprint density at radius 2 is 1.82 bits per heavy atom. The summed E-state index contributed by atoms with van der Waals surface area (Å²) < 4.78 is 4.63. The van der Waals surface area contributed by atoms with Crippen LogP contribution in [-0.4, -0.2) is 6.47 Å². The summed E-state index contributed by atoms with van der Waals surface area (Å²) in [6.45, 7) is 0.412. The number of rotatable bonds is 2. The zero-order valence-corrected chi connectivity index (χ0v) is 5.94. The predicted molar refractivity (Wildman–Crippen MR) is 42.7 cm³/mol. The summed E-state index contributed by atoms with van der Waals surface area (Å²) >= 11 is 0. The van der Waals surface area contributed by atoms with Crippen molar-refractivity contribution in [1.82, 2.24) is 0 Å². The van der Waals surface area contributed by atoms with Crippen LogP contribution in [0.1, 0.15) is 0 Å². The lowest BCUT2D eigenvalue weighted by Crippen LogP contribution is -1.84. The summed E-state index contributed by atoms with van der Waals surface area (Å²) in [5.41, 5.74) is 0. The molecule has 2 nitrogen and oxygen atoms in total. The maximum absolute atomic E-state index is 9.93. The summed E-state index contributed by atoms with van der Waals surface area (Å²) in [5, 5.41) is 0. The third-order valence-corrected chi connectivity index (χ3v) is 1.15. The van der Waals surface area contributed by atoms with Crippen LogP contribution < -0.4 is 0 Å². The van der Waals surface area contributed by atoms with E-state index in [1.165, 1.54) is 0 Å². The second-order valence-corrected chi connectivity index (χ2v) is 1.91. The molecule has 0 aromatic heterocycles. The van der Waals surface area contributed by atoms with Crippen LogP contribution in [0, 0.1) is 0 Å². The zero-order valence-electron chi connectivity index (χ0n) is 5.94. The van der Waals surface area contributed by atoms with E-state index in [-0.39, 0.29) is 0 Å². The molecule has 0 spiro atoms. The van der Waals surface area contributed by atoms with Gasteiger partial charge in [0, 0.05) is 0 Å². The van der Waals surface area contributed by atoms with E-state index in [2.05, 4.69) is 4.74 Å².